The standard InChI is InChI=1S/C27H35ClN2O4/c1-19-11-13-30(14-12-19)24(31)18-34-29-22-10-8-6-4-5-7-9-15-33-27(32)25-20(2)16-21(3)26(28)23(25)17-22/h5,7-8,10,16,19H,4,6,9,11-15,17-18H2,1-3H3/b7-5+,10-8?,29-22+. The Morgan fingerprint density at radius 1 is 1.15 bits per heavy atom. The molecule has 7 heteroatoms. The number of cyclic esters (lactones) is 1. The summed E-state index contributed by atoms with van der Waals surface area (Å²) in [6.07, 6.45) is 12.7. The maximum atomic E-state index is 12.9. The summed E-state index contributed by atoms with van der Waals surface area (Å²) in [7, 11) is 0. The molecule has 0 atom stereocenters. The van der Waals surface area contributed by atoms with Crippen LogP contribution in [0.1, 0.15) is 66.1 Å². The van der Waals surface area contributed by atoms with Crippen molar-refractivity contribution in [3.8, 4) is 0 Å². The molecule has 0 aromatic heterocycles. The molecule has 1 saturated heterocycles. The summed E-state index contributed by atoms with van der Waals surface area (Å²) >= 11 is 6.66. The highest BCUT2D eigenvalue weighted by molar-refractivity contribution is 6.33. The van der Waals surface area contributed by atoms with Crippen molar-refractivity contribution in [1.29, 1.82) is 0 Å². The summed E-state index contributed by atoms with van der Waals surface area (Å²) in [5.41, 5.74) is 3.43. The lowest BCUT2D eigenvalue weighted by molar-refractivity contribution is -0.137. The summed E-state index contributed by atoms with van der Waals surface area (Å²) < 4.78 is 5.52. The van der Waals surface area contributed by atoms with E-state index < -0.39 is 5.97 Å². The van der Waals surface area contributed by atoms with E-state index in [-0.39, 0.29) is 12.5 Å². The third kappa shape index (κ3) is 7.20. The van der Waals surface area contributed by atoms with E-state index >= 15 is 0 Å². The summed E-state index contributed by atoms with van der Waals surface area (Å²) in [5.74, 6) is 0.205. The molecule has 1 fully saturated rings. The molecule has 2 aliphatic heterocycles. The predicted molar refractivity (Wildman–Crippen MR) is 135 cm³/mol. The minimum atomic E-state index is -0.390. The number of amides is 1. The van der Waals surface area contributed by atoms with Gasteiger partial charge in [0.05, 0.1) is 17.9 Å². The van der Waals surface area contributed by atoms with Crippen molar-refractivity contribution in [1.82, 2.24) is 4.90 Å². The first kappa shape index (κ1) is 26.0. The molecule has 1 aromatic rings. The normalized spacial score (nSPS) is 20.4. The van der Waals surface area contributed by atoms with E-state index in [0.29, 0.717) is 47.2 Å². The van der Waals surface area contributed by atoms with Crippen molar-refractivity contribution in [2.24, 2.45) is 11.1 Å². The van der Waals surface area contributed by atoms with Crippen LogP contribution in [-0.4, -0.2) is 48.8 Å². The van der Waals surface area contributed by atoms with Crippen LogP contribution in [0.25, 0.3) is 0 Å². The van der Waals surface area contributed by atoms with Gasteiger partial charge < -0.3 is 14.5 Å². The second-order valence-electron chi connectivity index (χ2n) is 9.15. The third-order valence-corrected chi connectivity index (χ3v) is 6.83. The Hall–Kier alpha value is -2.60. The maximum absolute atomic E-state index is 12.9. The van der Waals surface area contributed by atoms with Crippen molar-refractivity contribution in [2.45, 2.75) is 59.3 Å². The van der Waals surface area contributed by atoms with Crippen molar-refractivity contribution < 1.29 is 19.2 Å². The number of rotatable bonds is 3. The fourth-order valence-electron chi connectivity index (χ4n) is 4.26. The van der Waals surface area contributed by atoms with Crippen LogP contribution >= 0.6 is 11.6 Å². The zero-order valence-electron chi connectivity index (χ0n) is 20.4. The molecule has 0 unspecified atom stereocenters. The number of hydrogen-bond acceptors (Lipinski definition) is 5. The second-order valence-corrected chi connectivity index (χ2v) is 9.53. The zero-order chi connectivity index (χ0) is 24.5. The zero-order valence-corrected chi connectivity index (χ0v) is 21.2. The SMILES string of the molecule is Cc1cc(C)c2c(c1Cl)C/C(=N/OCC(=O)N1CCC(C)CC1)C=CCC/C=C/CCOC2=O. The van der Waals surface area contributed by atoms with Gasteiger partial charge in [-0.05, 0) is 74.6 Å². The van der Waals surface area contributed by atoms with Crippen LogP contribution in [0.2, 0.25) is 5.02 Å². The highest BCUT2D eigenvalue weighted by atomic mass is 35.5. The smallest absolute Gasteiger partial charge is 0.338 e. The first-order valence-electron chi connectivity index (χ1n) is 12.1. The Labute approximate surface area is 207 Å². The summed E-state index contributed by atoms with van der Waals surface area (Å²) in [6.45, 7) is 7.74. The van der Waals surface area contributed by atoms with E-state index in [9.17, 15) is 9.59 Å². The van der Waals surface area contributed by atoms with Gasteiger partial charge in [0.15, 0.2) is 6.61 Å². The van der Waals surface area contributed by atoms with Crippen molar-refractivity contribution in [3.05, 3.63) is 57.6 Å². The van der Waals surface area contributed by atoms with Crippen LogP contribution < -0.4 is 0 Å². The van der Waals surface area contributed by atoms with Crippen LogP contribution in [0.5, 0.6) is 0 Å². The minimum Gasteiger partial charge on any atom is -0.462 e. The molecule has 0 N–H and O–H groups in total. The molecule has 0 bridgehead atoms. The number of nitrogens with zero attached hydrogens (tertiary/aromatic N) is 2. The molecular weight excluding hydrogens is 452 g/mol. The highest BCUT2D eigenvalue weighted by Gasteiger charge is 2.23. The number of piperidine rings is 1. The first-order valence-corrected chi connectivity index (χ1v) is 12.5. The minimum absolute atomic E-state index is 0.0556. The van der Waals surface area contributed by atoms with Gasteiger partial charge in [-0.1, -0.05) is 48.0 Å². The molecule has 0 saturated carbocycles. The number of fused-ring (bicyclic) bond motifs is 1. The number of halogens is 1. The van der Waals surface area contributed by atoms with Crippen molar-refractivity contribution in [2.75, 3.05) is 26.3 Å². The van der Waals surface area contributed by atoms with Crippen molar-refractivity contribution in [3.63, 3.8) is 0 Å². The lowest BCUT2D eigenvalue weighted by Crippen LogP contribution is -2.39. The van der Waals surface area contributed by atoms with E-state index in [4.69, 9.17) is 21.2 Å². The highest BCUT2D eigenvalue weighted by Crippen LogP contribution is 2.29. The first-order chi connectivity index (χ1) is 16.4. The molecule has 6 nitrogen and oxygen atoms in total. The molecule has 184 valence electrons. The molecule has 34 heavy (non-hydrogen) atoms. The van der Waals surface area contributed by atoms with Crippen LogP contribution in [0.15, 0.2) is 35.5 Å². The number of carbonyl (C=O) groups is 2. The Morgan fingerprint density at radius 3 is 2.62 bits per heavy atom. The van der Waals surface area contributed by atoms with Crippen molar-refractivity contribution >= 4 is 29.2 Å². The summed E-state index contributed by atoms with van der Waals surface area (Å²) in [5, 5.41) is 4.80. The topological polar surface area (TPSA) is 68.2 Å². The van der Waals surface area contributed by atoms with E-state index in [1.807, 2.05) is 43.0 Å². The number of ether oxygens (including phenoxy) is 1. The molecule has 1 amide bonds. The lowest BCUT2D eigenvalue weighted by Gasteiger charge is -2.29. The maximum Gasteiger partial charge on any atom is 0.338 e. The van der Waals surface area contributed by atoms with Gasteiger partial charge in [0, 0.05) is 24.5 Å². The summed E-state index contributed by atoms with van der Waals surface area (Å²) in [6, 6.07) is 1.90. The van der Waals surface area contributed by atoms with Gasteiger partial charge in [0.25, 0.3) is 5.91 Å². The van der Waals surface area contributed by atoms with E-state index in [0.717, 1.165) is 49.9 Å². The fraction of sp³-hybridized carbons (Fsp3) is 0.519. The van der Waals surface area contributed by atoms with Gasteiger partial charge in [0.2, 0.25) is 0 Å². The molecular formula is C27H35ClN2O4. The van der Waals surface area contributed by atoms with Gasteiger partial charge in [-0.25, -0.2) is 4.79 Å². The number of likely N-dealkylation sites (tertiary alicyclic amines) is 1. The Kier molecular flexibility index (Phi) is 9.75. The van der Waals surface area contributed by atoms with Gasteiger partial charge in [-0.15, -0.1) is 0 Å². The molecule has 2 heterocycles. The predicted octanol–water partition coefficient (Wildman–Crippen LogP) is 5.58. The third-order valence-electron chi connectivity index (χ3n) is 6.30. The molecule has 1 aromatic carbocycles. The average molecular weight is 487 g/mol. The molecule has 2 aliphatic rings. The van der Waals surface area contributed by atoms with E-state index in [1.165, 1.54) is 0 Å². The number of allylic oxidation sites excluding steroid dienone is 3. The number of aryl methyl sites for hydroxylation is 2. The number of benzene rings is 1. The molecule has 0 spiro atoms. The Balaban J connectivity index is 1.83. The van der Waals surface area contributed by atoms with Crippen LogP contribution in [0.4, 0.5) is 0 Å². The number of carbonyl (C=O) groups excluding carboxylic acids is 2. The average Bonchev–Trinajstić information content (AvgIpc) is 2.80. The lowest BCUT2D eigenvalue weighted by atomic mass is 9.94. The quantitative estimate of drug-likeness (QED) is 0.317. The monoisotopic (exact) mass is 486 g/mol. The largest absolute Gasteiger partial charge is 0.462 e. The van der Waals surface area contributed by atoms with E-state index in [2.05, 4.69) is 18.2 Å². The van der Waals surface area contributed by atoms with Gasteiger partial charge in [-0.3, -0.25) is 4.79 Å². The molecule has 0 aliphatic carbocycles. The van der Waals surface area contributed by atoms with E-state index in [1.54, 1.807) is 0 Å². The van der Waals surface area contributed by atoms with Crippen LogP contribution in [-0.2, 0) is 20.8 Å². The second kappa shape index (κ2) is 12.7. The molecule has 0 radical (unpaired) electrons. The fourth-order valence-corrected chi connectivity index (χ4v) is 4.47. The number of esters is 1. The Bertz CT molecular complexity index is 975. The number of hydrogen-bond donors (Lipinski definition) is 0. The molecule has 3 rings (SSSR count). The van der Waals surface area contributed by atoms with Crippen LogP contribution in [0.3, 0.4) is 0 Å². The Morgan fingerprint density at radius 2 is 1.85 bits per heavy atom. The number of oxime groups is 1. The van der Waals surface area contributed by atoms with Crippen LogP contribution in [0, 0.1) is 19.8 Å². The van der Waals surface area contributed by atoms with Gasteiger partial charge in [-0.2, -0.15) is 0 Å². The van der Waals surface area contributed by atoms with Gasteiger partial charge in [0.1, 0.15) is 0 Å². The van der Waals surface area contributed by atoms with Gasteiger partial charge >= 0.3 is 5.97 Å². The summed E-state index contributed by atoms with van der Waals surface area (Å²) in [4.78, 5) is 32.8.